The number of piperidine rings is 1. The molecule has 1 aliphatic heterocycles. The summed E-state index contributed by atoms with van der Waals surface area (Å²) in [6, 6.07) is 7.40. The molecule has 1 aromatic rings. The lowest BCUT2D eigenvalue weighted by Crippen LogP contribution is -2.29. The Bertz CT molecular complexity index is 323. The molecule has 2 rings (SSSR count). The first-order valence-electron chi connectivity index (χ1n) is 5.63. The fraction of sp³-hybridized carbons (Fsp3) is 0.455. The molecule has 0 amide bonds. The van der Waals surface area contributed by atoms with Crippen molar-refractivity contribution in [2.75, 3.05) is 18.0 Å². The van der Waals surface area contributed by atoms with Crippen LogP contribution in [-0.4, -0.2) is 30.5 Å². The Morgan fingerprint density at radius 2 is 1.62 bits per heavy atom. The van der Waals surface area contributed by atoms with E-state index in [4.69, 9.17) is 14.7 Å². The van der Waals surface area contributed by atoms with Crippen molar-refractivity contribution in [3.63, 3.8) is 0 Å². The number of nitrogens with zero attached hydrogens (tertiary/aromatic N) is 1. The Kier molecular flexibility index (Phi) is 3.69. The highest BCUT2D eigenvalue weighted by Gasteiger charge is 2.13. The Labute approximate surface area is 95.6 Å². The summed E-state index contributed by atoms with van der Waals surface area (Å²) in [6.45, 7) is 2.20. The third kappa shape index (κ3) is 2.90. The summed E-state index contributed by atoms with van der Waals surface area (Å²) in [7, 11) is -1.75. The predicted molar refractivity (Wildman–Crippen MR) is 63.3 cm³/mol. The summed E-state index contributed by atoms with van der Waals surface area (Å²) < 4.78 is 4.75. The molecule has 1 aliphatic rings. The van der Waals surface area contributed by atoms with Gasteiger partial charge in [0.2, 0.25) is 0 Å². The van der Waals surface area contributed by atoms with Gasteiger partial charge in [0.15, 0.2) is 0 Å². The van der Waals surface area contributed by atoms with Gasteiger partial charge in [0, 0.05) is 18.8 Å². The van der Waals surface area contributed by atoms with Gasteiger partial charge in [-0.1, -0.05) is 0 Å². The van der Waals surface area contributed by atoms with E-state index >= 15 is 0 Å². The minimum atomic E-state index is -1.75. The Morgan fingerprint density at radius 1 is 1.00 bits per heavy atom. The fourth-order valence-corrected chi connectivity index (χ4v) is 2.01. The number of rotatable bonds is 3. The van der Waals surface area contributed by atoms with Gasteiger partial charge in [0.05, 0.1) is 0 Å². The molecule has 86 valence electrons. The number of hydrogen-bond acceptors (Lipinski definition) is 4. The maximum absolute atomic E-state index is 8.65. The van der Waals surface area contributed by atoms with Gasteiger partial charge >= 0.3 is 7.32 Å². The molecule has 2 N–H and O–H groups in total. The van der Waals surface area contributed by atoms with Crippen molar-refractivity contribution in [3.8, 4) is 5.75 Å². The second kappa shape index (κ2) is 5.23. The molecule has 1 aromatic carbocycles. The first kappa shape index (κ1) is 11.3. The van der Waals surface area contributed by atoms with Crippen LogP contribution in [0.5, 0.6) is 5.75 Å². The van der Waals surface area contributed by atoms with Crippen molar-refractivity contribution >= 4 is 13.0 Å². The molecule has 1 heterocycles. The largest absolute Gasteiger partial charge is 0.707 e. The van der Waals surface area contributed by atoms with Gasteiger partial charge in [0.25, 0.3) is 0 Å². The van der Waals surface area contributed by atoms with Gasteiger partial charge in [0.1, 0.15) is 5.75 Å². The second-order valence-corrected chi connectivity index (χ2v) is 3.99. The van der Waals surface area contributed by atoms with Crippen LogP contribution < -0.4 is 9.55 Å². The molecule has 0 unspecified atom stereocenters. The number of benzene rings is 1. The fourth-order valence-electron chi connectivity index (χ4n) is 2.01. The molecule has 16 heavy (non-hydrogen) atoms. The normalized spacial score (nSPS) is 16.0. The first-order chi connectivity index (χ1) is 7.75. The van der Waals surface area contributed by atoms with Crippen LogP contribution in [0.3, 0.4) is 0 Å². The highest BCUT2D eigenvalue weighted by atomic mass is 16.6. The molecular weight excluding hydrogens is 205 g/mol. The van der Waals surface area contributed by atoms with Gasteiger partial charge in [-0.3, -0.25) is 0 Å². The van der Waals surface area contributed by atoms with Crippen LogP contribution in [0.25, 0.3) is 0 Å². The van der Waals surface area contributed by atoms with Crippen LogP contribution in [0.15, 0.2) is 24.3 Å². The van der Waals surface area contributed by atoms with Crippen LogP contribution in [0.4, 0.5) is 5.69 Å². The highest BCUT2D eigenvalue weighted by molar-refractivity contribution is 6.33. The predicted octanol–water partition coefficient (Wildman–Crippen LogP) is 1.03. The van der Waals surface area contributed by atoms with Crippen LogP contribution in [0, 0.1) is 0 Å². The van der Waals surface area contributed by atoms with E-state index in [1.807, 2.05) is 12.1 Å². The standard InChI is InChI=1S/C11H16BNO3/c14-12(15)16-11-6-4-10(5-7-11)13-8-2-1-3-9-13/h4-7,14-15H,1-3,8-9H2. The third-order valence-electron chi connectivity index (χ3n) is 2.80. The maximum atomic E-state index is 8.65. The molecule has 1 saturated heterocycles. The lowest BCUT2D eigenvalue weighted by Gasteiger charge is -2.28. The SMILES string of the molecule is OB(O)Oc1ccc(N2CCCCC2)cc1. The van der Waals surface area contributed by atoms with Gasteiger partial charge in [-0.25, -0.2) is 0 Å². The highest BCUT2D eigenvalue weighted by Crippen LogP contribution is 2.22. The van der Waals surface area contributed by atoms with Crippen LogP contribution in [0.1, 0.15) is 19.3 Å². The number of hydrogen-bond donors (Lipinski definition) is 2. The van der Waals surface area contributed by atoms with Gasteiger partial charge in [-0.05, 0) is 43.5 Å². The maximum Gasteiger partial charge on any atom is 0.707 e. The van der Waals surface area contributed by atoms with E-state index in [9.17, 15) is 0 Å². The minimum absolute atomic E-state index is 0.468. The topological polar surface area (TPSA) is 52.9 Å². The summed E-state index contributed by atoms with van der Waals surface area (Å²) in [5, 5.41) is 17.3. The third-order valence-corrected chi connectivity index (χ3v) is 2.80. The van der Waals surface area contributed by atoms with Crippen molar-refractivity contribution < 1.29 is 14.7 Å². The van der Waals surface area contributed by atoms with Gasteiger partial charge in [-0.2, -0.15) is 0 Å². The summed E-state index contributed by atoms with van der Waals surface area (Å²) in [5.41, 5.74) is 1.17. The zero-order valence-corrected chi connectivity index (χ0v) is 9.17. The Hall–Kier alpha value is -1.20. The molecule has 0 aliphatic carbocycles. The summed E-state index contributed by atoms with van der Waals surface area (Å²) in [5.74, 6) is 0.468. The average Bonchev–Trinajstić information content (AvgIpc) is 2.30. The number of anilines is 1. The quantitative estimate of drug-likeness (QED) is 0.748. The van der Waals surface area contributed by atoms with E-state index in [-0.39, 0.29) is 0 Å². The van der Waals surface area contributed by atoms with Crippen molar-refractivity contribution in [1.29, 1.82) is 0 Å². The van der Waals surface area contributed by atoms with E-state index in [0.29, 0.717) is 5.75 Å². The molecule has 0 spiro atoms. The van der Waals surface area contributed by atoms with Crippen molar-refractivity contribution in [1.82, 2.24) is 0 Å². The monoisotopic (exact) mass is 221 g/mol. The van der Waals surface area contributed by atoms with Crippen LogP contribution in [0.2, 0.25) is 0 Å². The molecule has 0 aromatic heterocycles. The first-order valence-corrected chi connectivity index (χ1v) is 5.63. The average molecular weight is 221 g/mol. The summed E-state index contributed by atoms with van der Waals surface area (Å²) in [4.78, 5) is 2.34. The van der Waals surface area contributed by atoms with E-state index < -0.39 is 7.32 Å². The molecule has 1 fully saturated rings. The lowest BCUT2D eigenvalue weighted by atomic mass is 10.1. The second-order valence-electron chi connectivity index (χ2n) is 3.99. The van der Waals surface area contributed by atoms with Gasteiger partial charge in [-0.15, -0.1) is 0 Å². The van der Waals surface area contributed by atoms with E-state index in [0.717, 1.165) is 13.1 Å². The molecule has 5 heteroatoms. The Balaban J connectivity index is 2.00. The summed E-state index contributed by atoms with van der Waals surface area (Å²) >= 11 is 0. The van der Waals surface area contributed by atoms with E-state index in [1.54, 1.807) is 12.1 Å². The molecule has 0 radical (unpaired) electrons. The lowest BCUT2D eigenvalue weighted by molar-refractivity contribution is 0.288. The molecule has 0 saturated carbocycles. The minimum Gasteiger partial charge on any atom is -0.512 e. The smallest absolute Gasteiger partial charge is 0.512 e. The van der Waals surface area contributed by atoms with E-state index in [1.165, 1.54) is 24.9 Å². The molecular formula is C11H16BNO3. The van der Waals surface area contributed by atoms with Crippen molar-refractivity contribution in [2.24, 2.45) is 0 Å². The Morgan fingerprint density at radius 3 is 2.19 bits per heavy atom. The molecule has 4 nitrogen and oxygen atoms in total. The van der Waals surface area contributed by atoms with Crippen LogP contribution in [-0.2, 0) is 0 Å². The molecule has 0 bridgehead atoms. The van der Waals surface area contributed by atoms with Crippen LogP contribution >= 0.6 is 0 Å². The zero-order chi connectivity index (χ0) is 11.4. The van der Waals surface area contributed by atoms with Gasteiger partial charge < -0.3 is 19.6 Å². The van der Waals surface area contributed by atoms with E-state index in [2.05, 4.69) is 4.90 Å². The van der Waals surface area contributed by atoms with Crippen molar-refractivity contribution in [3.05, 3.63) is 24.3 Å². The summed E-state index contributed by atoms with van der Waals surface area (Å²) in [6.07, 6.45) is 3.80. The zero-order valence-electron chi connectivity index (χ0n) is 9.17. The molecule has 0 atom stereocenters. The van der Waals surface area contributed by atoms with Crippen molar-refractivity contribution in [2.45, 2.75) is 19.3 Å².